The van der Waals surface area contributed by atoms with Crippen molar-refractivity contribution < 1.29 is 4.74 Å². The van der Waals surface area contributed by atoms with Crippen molar-refractivity contribution in [3.63, 3.8) is 0 Å². The molecule has 2 heterocycles. The second kappa shape index (κ2) is 6.32. The summed E-state index contributed by atoms with van der Waals surface area (Å²) in [6, 6.07) is 0. The van der Waals surface area contributed by atoms with Crippen LogP contribution in [0.15, 0.2) is 16.5 Å². The first-order valence-electron chi connectivity index (χ1n) is 5.79. The van der Waals surface area contributed by atoms with E-state index in [0.29, 0.717) is 21.7 Å². The quantitative estimate of drug-likeness (QED) is 0.784. The van der Waals surface area contributed by atoms with Crippen molar-refractivity contribution in [2.24, 2.45) is 7.05 Å². The lowest BCUT2D eigenvalue weighted by atomic mass is 10.4. The molecule has 102 valence electrons. The van der Waals surface area contributed by atoms with E-state index in [2.05, 4.69) is 37.7 Å². The molecule has 0 aromatic carbocycles. The van der Waals surface area contributed by atoms with Gasteiger partial charge in [0.1, 0.15) is 6.33 Å². The predicted octanol–water partition coefficient (Wildman–Crippen LogP) is 0.982. The highest BCUT2D eigenvalue weighted by Crippen LogP contribution is 2.35. The molecule has 0 unspecified atom stereocenters. The Morgan fingerprint density at radius 2 is 2.26 bits per heavy atom. The average molecular weight is 281 g/mol. The van der Waals surface area contributed by atoms with Crippen LogP contribution in [0.1, 0.15) is 13.3 Å². The number of aromatic nitrogens is 6. The number of methoxy groups -OCH3 is 1. The van der Waals surface area contributed by atoms with Crippen LogP contribution in [-0.2, 0) is 7.05 Å². The van der Waals surface area contributed by atoms with E-state index < -0.39 is 0 Å². The van der Waals surface area contributed by atoms with Gasteiger partial charge in [-0.15, -0.1) is 5.10 Å². The molecule has 2 aromatic rings. The second-order valence-electron chi connectivity index (χ2n) is 3.67. The zero-order chi connectivity index (χ0) is 13.7. The van der Waals surface area contributed by atoms with Crippen molar-refractivity contribution in [3.8, 4) is 5.75 Å². The van der Waals surface area contributed by atoms with Crippen molar-refractivity contribution in [2.75, 3.05) is 19.0 Å². The lowest BCUT2D eigenvalue weighted by Crippen LogP contribution is -2.05. The first-order valence-corrected chi connectivity index (χ1v) is 6.61. The highest BCUT2D eigenvalue weighted by molar-refractivity contribution is 7.99. The average Bonchev–Trinajstić information content (AvgIpc) is 2.82. The van der Waals surface area contributed by atoms with E-state index >= 15 is 0 Å². The van der Waals surface area contributed by atoms with Gasteiger partial charge < -0.3 is 10.1 Å². The minimum Gasteiger partial charge on any atom is -0.490 e. The van der Waals surface area contributed by atoms with Crippen molar-refractivity contribution in [3.05, 3.63) is 6.33 Å². The molecule has 2 rings (SSSR count). The Kier molecular flexibility index (Phi) is 4.50. The van der Waals surface area contributed by atoms with Crippen molar-refractivity contribution in [2.45, 2.75) is 23.5 Å². The summed E-state index contributed by atoms with van der Waals surface area (Å²) < 4.78 is 6.95. The Bertz CT molecular complexity index is 544. The Labute approximate surface area is 115 Å². The summed E-state index contributed by atoms with van der Waals surface area (Å²) in [4.78, 5) is 8.39. The maximum Gasteiger partial charge on any atom is 0.215 e. The fourth-order valence-corrected chi connectivity index (χ4v) is 2.17. The third kappa shape index (κ3) is 3.11. The lowest BCUT2D eigenvalue weighted by Gasteiger charge is -2.11. The maximum atomic E-state index is 5.38. The number of nitrogens with one attached hydrogen (secondary N) is 1. The number of anilines is 1. The van der Waals surface area contributed by atoms with Gasteiger partial charge in [0.15, 0.2) is 16.6 Å². The highest BCUT2D eigenvalue weighted by atomic mass is 32.2. The normalized spacial score (nSPS) is 10.5. The van der Waals surface area contributed by atoms with Gasteiger partial charge in [0, 0.05) is 13.6 Å². The summed E-state index contributed by atoms with van der Waals surface area (Å²) in [5, 5.41) is 15.8. The van der Waals surface area contributed by atoms with Gasteiger partial charge in [-0.05, 0) is 28.6 Å². The Hall–Kier alpha value is -1.90. The van der Waals surface area contributed by atoms with Crippen LogP contribution in [-0.4, -0.2) is 43.8 Å². The molecule has 0 amide bonds. The molecule has 0 spiro atoms. The van der Waals surface area contributed by atoms with Gasteiger partial charge in [0.2, 0.25) is 5.16 Å². The summed E-state index contributed by atoms with van der Waals surface area (Å²) in [5.74, 6) is 1.28. The standard InChI is InChI=1S/C10H15N7OS/c1-4-5-11-8-7(18-3)9(13-6-12-8)19-10-14-15-16-17(10)2/h6H,4-5H2,1-3H3,(H,11,12,13). The lowest BCUT2D eigenvalue weighted by molar-refractivity contribution is 0.400. The van der Waals surface area contributed by atoms with Crippen LogP contribution < -0.4 is 10.1 Å². The molecule has 19 heavy (non-hydrogen) atoms. The van der Waals surface area contributed by atoms with Gasteiger partial charge >= 0.3 is 0 Å². The monoisotopic (exact) mass is 281 g/mol. The summed E-state index contributed by atoms with van der Waals surface area (Å²) >= 11 is 1.33. The number of ether oxygens (including phenoxy) is 1. The number of tetrazole rings is 1. The maximum absolute atomic E-state index is 5.38. The minimum absolute atomic E-state index is 0.601. The van der Waals surface area contributed by atoms with Crippen molar-refractivity contribution in [1.82, 2.24) is 30.2 Å². The molecule has 0 bridgehead atoms. The Morgan fingerprint density at radius 3 is 2.89 bits per heavy atom. The first-order chi connectivity index (χ1) is 9.26. The second-order valence-corrected chi connectivity index (χ2v) is 4.63. The topological polar surface area (TPSA) is 90.6 Å². The molecule has 1 N–H and O–H groups in total. The third-order valence-electron chi connectivity index (χ3n) is 2.29. The van der Waals surface area contributed by atoms with E-state index in [-0.39, 0.29) is 0 Å². The van der Waals surface area contributed by atoms with Crippen LogP contribution in [0.4, 0.5) is 5.82 Å². The zero-order valence-corrected chi connectivity index (χ0v) is 11.8. The van der Waals surface area contributed by atoms with Gasteiger partial charge in [-0.25, -0.2) is 14.6 Å². The minimum atomic E-state index is 0.601. The zero-order valence-electron chi connectivity index (χ0n) is 11.0. The number of rotatable bonds is 6. The molecule has 0 saturated carbocycles. The molecule has 0 fully saturated rings. The van der Waals surface area contributed by atoms with Crippen LogP contribution in [0, 0.1) is 0 Å². The van der Waals surface area contributed by atoms with Crippen molar-refractivity contribution in [1.29, 1.82) is 0 Å². The summed E-state index contributed by atoms with van der Waals surface area (Å²) in [7, 11) is 3.36. The molecular weight excluding hydrogens is 266 g/mol. The Balaban J connectivity index is 2.27. The molecule has 0 radical (unpaired) electrons. The van der Waals surface area contributed by atoms with Gasteiger partial charge in [-0.3, -0.25) is 0 Å². The smallest absolute Gasteiger partial charge is 0.215 e. The fraction of sp³-hybridized carbons (Fsp3) is 0.500. The predicted molar refractivity (Wildman–Crippen MR) is 70.3 cm³/mol. The first kappa shape index (κ1) is 13.5. The van der Waals surface area contributed by atoms with Gasteiger partial charge in [0.25, 0.3) is 0 Å². The van der Waals surface area contributed by atoms with E-state index in [4.69, 9.17) is 4.74 Å². The highest BCUT2D eigenvalue weighted by Gasteiger charge is 2.15. The van der Waals surface area contributed by atoms with Gasteiger partial charge in [-0.1, -0.05) is 6.92 Å². The van der Waals surface area contributed by atoms with Crippen LogP contribution in [0.25, 0.3) is 0 Å². The van der Waals surface area contributed by atoms with E-state index in [1.165, 1.54) is 18.1 Å². The molecule has 0 saturated heterocycles. The van der Waals surface area contributed by atoms with Gasteiger partial charge in [-0.2, -0.15) is 0 Å². The molecule has 8 nitrogen and oxygen atoms in total. The SMILES string of the molecule is CCCNc1ncnc(Sc2nnnn2C)c1OC. The van der Waals surface area contributed by atoms with E-state index in [9.17, 15) is 0 Å². The summed E-state index contributed by atoms with van der Waals surface area (Å²) in [6.45, 7) is 2.91. The molecular formula is C10H15N7OS. The summed E-state index contributed by atoms with van der Waals surface area (Å²) in [5.41, 5.74) is 0. The van der Waals surface area contributed by atoms with Gasteiger partial charge in [0.05, 0.1) is 7.11 Å². The summed E-state index contributed by atoms with van der Waals surface area (Å²) in [6.07, 6.45) is 2.50. The fourth-order valence-electron chi connectivity index (χ4n) is 1.38. The Morgan fingerprint density at radius 1 is 1.42 bits per heavy atom. The van der Waals surface area contributed by atoms with Crippen LogP contribution in [0.3, 0.4) is 0 Å². The molecule has 2 aromatic heterocycles. The van der Waals surface area contributed by atoms with Crippen LogP contribution in [0.5, 0.6) is 5.75 Å². The molecule has 0 atom stereocenters. The van der Waals surface area contributed by atoms with Crippen LogP contribution in [0.2, 0.25) is 0 Å². The molecule has 0 aliphatic heterocycles. The van der Waals surface area contributed by atoms with E-state index in [1.54, 1.807) is 18.8 Å². The van der Waals surface area contributed by atoms with Crippen LogP contribution >= 0.6 is 11.8 Å². The third-order valence-corrected chi connectivity index (χ3v) is 3.30. The van der Waals surface area contributed by atoms with E-state index in [0.717, 1.165) is 13.0 Å². The molecule has 9 heteroatoms. The number of aryl methyl sites for hydroxylation is 1. The number of hydrogen-bond donors (Lipinski definition) is 1. The number of nitrogens with zero attached hydrogens (tertiary/aromatic N) is 6. The van der Waals surface area contributed by atoms with E-state index in [1.807, 2.05) is 0 Å². The van der Waals surface area contributed by atoms with Crippen molar-refractivity contribution >= 4 is 17.6 Å². The molecule has 0 aliphatic rings. The molecule has 0 aliphatic carbocycles. The largest absolute Gasteiger partial charge is 0.490 e. The number of hydrogen-bond acceptors (Lipinski definition) is 8.